The highest BCUT2D eigenvalue weighted by Crippen LogP contribution is 2.36. The summed E-state index contributed by atoms with van der Waals surface area (Å²) >= 11 is 0. The van der Waals surface area contributed by atoms with E-state index in [-0.39, 0.29) is 13.0 Å². The van der Waals surface area contributed by atoms with Gasteiger partial charge >= 0.3 is 5.97 Å². The van der Waals surface area contributed by atoms with Crippen LogP contribution >= 0.6 is 0 Å². The summed E-state index contributed by atoms with van der Waals surface area (Å²) in [6, 6.07) is 16.1. The molecule has 26 heavy (non-hydrogen) atoms. The van der Waals surface area contributed by atoms with Gasteiger partial charge in [0.1, 0.15) is 18.4 Å². The number of nitrogens with zero attached hydrogens (tertiary/aromatic N) is 1. The van der Waals surface area contributed by atoms with E-state index in [0.717, 1.165) is 28.0 Å². The number of oxime groups is 1. The van der Waals surface area contributed by atoms with Crippen molar-refractivity contribution in [2.45, 2.75) is 18.9 Å². The van der Waals surface area contributed by atoms with Crippen LogP contribution in [0, 0.1) is 0 Å². The molecule has 0 saturated carbocycles. The Labute approximate surface area is 152 Å². The van der Waals surface area contributed by atoms with Gasteiger partial charge in [-0.2, -0.15) is 0 Å². The first-order valence-electron chi connectivity index (χ1n) is 8.66. The van der Waals surface area contributed by atoms with Crippen molar-refractivity contribution in [1.82, 2.24) is 5.32 Å². The molecule has 0 heterocycles. The van der Waals surface area contributed by atoms with E-state index in [1.807, 2.05) is 36.4 Å². The third-order valence-corrected chi connectivity index (χ3v) is 4.20. The summed E-state index contributed by atoms with van der Waals surface area (Å²) in [5, 5.41) is 25.8. The summed E-state index contributed by atoms with van der Waals surface area (Å²) < 4.78 is 0. The van der Waals surface area contributed by atoms with E-state index in [1.165, 1.54) is 0 Å². The fourth-order valence-electron chi connectivity index (χ4n) is 2.97. The molecule has 6 nitrogen and oxygen atoms in total. The third kappa shape index (κ3) is 4.28. The summed E-state index contributed by atoms with van der Waals surface area (Å²) in [4.78, 5) is 15.8. The molecule has 1 atom stereocenters. The smallest absolute Gasteiger partial charge is 0.303 e. The SMILES string of the molecule is O=C(O)CCCNCC(O)CON=C1c2ccccc2-c2ccccc21. The molecule has 3 N–H and O–H groups in total. The first-order valence-corrected chi connectivity index (χ1v) is 8.66. The zero-order chi connectivity index (χ0) is 18.4. The molecule has 0 radical (unpaired) electrons. The summed E-state index contributed by atoms with van der Waals surface area (Å²) in [6.07, 6.45) is -0.0683. The lowest BCUT2D eigenvalue weighted by Gasteiger charge is -2.10. The average molecular weight is 354 g/mol. The lowest BCUT2D eigenvalue weighted by molar-refractivity contribution is -0.137. The second-order valence-electron chi connectivity index (χ2n) is 6.18. The van der Waals surface area contributed by atoms with Crippen LogP contribution in [0.2, 0.25) is 0 Å². The Morgan fingerprint density at radius 2 is 1.62 bits per heavy atom. The van der Waals surface area contributed by atoms with Crippen molar-refractivity contribution in [2.75, 3.05) is 19.7 Å². The van der Waals surface area contributed by atoms with Gasteiger partial charge in [0.05, 0.1) is 0 Å². The fourth-order valence-corrected chi connectivity index (χ4v) is 2.97. The van der Waals surface area contributed by atoms with Crippen molar-refractivity contribution in [3.05, 3.63) is 59.7 Å². The van der Waals surface area contributed by atoms with Gasteiger partial charge in [0.15, 0.2) is 0 Å². The third-order valence-electron chi connectivity index (χ3n) is 4.20. The van der Waals surface area contributed by atoms with Crippen LogP contribution in [0.1, 0.15) is 24.0 Å². The normalized spacial score (nSPS) is 13.0. The Balaban J connectivity index is 1.55. The fraction of sp³-hybridized carbons (Fsp3) is 0.300. The topological polar surface area (TPSA) is 91.2 Å². The molecule has 0 amide bonds. The van der Waals surface area contributed by atoms with E-state index in [0.29, 0.717) is 19.5 Å². The Morgan fingerprint density at radius 3 is 2.19 bits per heavy atom. The molecule has 0 fully saturated rings. The lowest BCUT2D eigenvalue weighted by atomic mass is 10.1. The van der Waals surface area contributed by atoms with Crippen molar-refractivity contribution in [2.24, 2.45) is 5.16 Å². The number of carbonyl (C=O) groups is 1. The Morgan fingerprint density at radius 1 is 1.04 bits per heavy atom. The maximum atomic E-state index is 10.4. The molecule has 6 heteroatoms. The number of aliphatic hydroxyl groups is 1. The minimum Gasteiger partial charge on any atom is -0.481 e. The summed E-state index contributed by atoms with van der Waals surface area (Å²) in [5.74, 6) is -0.816. The first-order chi connectivity index (χ1) is 12.7. The molecule has 1 aliphatic rings. The standard InChI is InChI=1S/C20H22N2O4/c23-14(12-21-11-5-10-19(24)25)13-26-22-20-17-8-3-1-6-15(17)16-7-2-4-9-18(16)20/h1-4,6-9,14,21,23H,5,10-13H2,(H,24,25). The lowest BCUT2D eigenvalue weighted by Crippen LogP contribution is -2.30. The van der Waals surface area contributed by atoms with Crippen LogP contribution in [0.15, 0.2) is 53.7 Å². The number of hydrogen-bond donors (Lipinski definition) is 3. The Bertz CT molecular complexity index is 756. The van der Waals surface area contributed by atoms with E-state index >= 15 is 0 Å². The number of aliphatic carboxylic acids is 1. The maximum Gasteiger partial charge on any atom is 0.303 e. The Kier molecular flexibility index (Phi) is 5.99. The van der Waals surface area contributed by atoms with Gasteiger partial charge < -0.3 is 20.4 Å². The van der Waals surface area contributed by atoms with Crippen LogP contribution in [-0.2, 0) is 9.63 Å². The van der Waals surface area contributed by atoms with Gasteiger partial charge in [-0.15, -0.1) is 0 Å². The monoisotopic (exact) mass is 354 g/mol. The molecule has 0 saturated heterocycles. The van der Waals surface area contributed by atoms with E-state index in [1.54, 1.807) is 0 Å². The summed E-state index contributed by atoms with van der Waals surface area (Å²) in [5.41, 5.74) is 5.08. The summed E-state index contributed by atoms with van der Waals surface area (Å²) in [6.45, 7) is 0.941. The van der Waals surface area contributed by atoms with Crippen molar-refractivity contribution in [3.63, 3.8) is 0 Å². The molecular formula is C20H22N2O4. The molecule has 0 bridgehead atoms. The van der Waals surface area contributed by atoms with E-state index in [2.05, 4.69) is 22.6 Å². The number of fused-ring (bicyclic) bond motifs is 3. The predicted molar refractivity (Wildman–Crippen MR) is 99.2 cm³/mol. The van der Waals surface area contributed by atoms with Gasteiger partial charge in [0.2, 0.25) is 0 Å². The van der Waals surface area contributed by atoms with Crippen LogP contribution in [-0.4, -0.2) is 47.7 Å². The molecule has 2 aromatic rings. The van der Waals surface area contributed by atoms with Crippen LogP contribution in [0.25, 0.3) is 11.1 Å². The number of nitrogens with one attached hydrogen (secondary N) is 1. The van der Waals surface area contributed by atoms with E-state index in [9.17, 15) is 9.90 Å². The van der Waals surface area contributed by atoms with Gasteiger partial charge in [-0.25, -0.2) is 0 Å². The van der Waals surface area contributed by atoms with Gasteiger partial charge in [-0.3, -0.25) is 4.79 Å². The molecule has 3 rings (SSSR count). The maximum absolute atomic E-state index is 10.4. The van der Waals surface area contributed by atoms with Crippen molar-refractivity contribution in [1.29, 1.82) is 0 Å². The minimum absolute atomic E-state index is 0.0692. The molecule has 1 aliphatic carbocycles. The molecule has 0 aromatic heterocycles. The number of aliphatic hydroxyl groups excluding tert-OH is 1. The van der Waals surface area contributed by atoms with Crippen molar-refractivity contribution >= 4 is 11.7 Å². The largest absolute Gasteiger partial charge is 0.481 e. The van der Waals surface area contributed by atoms with Gasteiger partial charge in [-0.1, -0.05) is 53.7 Å². The highest BCUT2D eigenvalue weighted by molar-refractivity contribution is 6.24. The quantitative estimate of drug-likeness (QED) is 0.405. The number of benzene rings is 2. The van der Waals surface area contributed by atoms with Crippen LogP contribution in [0.5, 0.6) is 0 Å². The number of rotatable bonds is 9. The van der Waals surface area contributed by atoms with Crippen LogP contribution < -0.4 is 5.32 Å². The minimum atomic E-state index is -0.816. The number of hydrogen-bond acceptors (Lipinski definition) is 5. The second-order valence-corrected chi connectivity index (χ2v) is 6.18. The summed E-state index contributed by atoms with van der Waals surface area (Å²) in [7, 11) is 0. The Hall–Kier alpha value is -2.70. The molecular weight excluding hydrogens is 332 g/mol. The predicted octanol–water partition coefficient (Wildman–Crippen LogP) is 2.25. The first kappa shape index (κ1) is 18.1. The molecule has 2 aromatic carbocycles. The zero-order valence-corrected chi connectivity index (χ0v) is 14.4. The zero-order valence-electron chi connectivity index (χ0n) is 14.4. The molecule has 0 aliphatic heterocycles. The van der Waals surface area contributed by atoms with Crippen molar-refractivity contribution in [3.8, 4) is 11.1 Å². The van der Waals surface area contributed by atoms with Gasteiger partial charge in [0, 0.05) is 24.1 Å². The van der Waals surface area contributed by atoms with Gasteiger partial charge in [0.25, 0.3) is 0 Å². The number of carboxylic acids is 1. The van der Waals surface area contributed by atoms with E-state index < -0.39 is 12.1 Å². The molecule has 1 unspecified atom stereocenters. The average Bonchev–Trinajstić information content (AvgIpc) is 2.96. The van der Waals surface area contributed by atoms with Gasteiger partial charge in [-0.05, 0) is 24.1 Å². The van der Waals surface area contributed by atoms with Crippen LogP contribution in [0.4, 0.5) is 0 Å². The van der Waals surface area contributed by atoms with Crippen molar-refractivity contribution < 1.29 is 19.8 Å². The van der Waals surface area contributed by atoms with E-state index in [4.69, 9.17) is 9.94 Å². The highest BCUT2D eigenvalue weighted by Gasteiger charge is 2.24. The molecule has 136 valence electrons. The number of carboxylic acid groups (broad SMARTS) is 1. The second kappa shape index (κ2) is 8.60. The highest BCUT2D eigenvalue weighted by atomic mass is 16.6. The van der Waals surface area contributed by atoms with Crippen LogP contribution in [0.3, 0.4) is 0 Å². The molecule has 0 spiro atoms.